The first-order chi connectivity index (χ1) is 8.86. The van der Waals surface area contributed by atoms with E-state index in [0.29, 0.717) is 0 Å². The van der Waals surface area contributed by atoms with Crippen molar-refractivity contribution in [1.82, 2.24) is 15.1 Å². The maximum absolute atomic E-state index is 3.45. The standard InChI is InChI=1S/C15H29N3/c1-16-13-6-7-15(12-13)18-10-8-17(9-11-18)14-4-2-3-5-14/h13-16H,2-12H2,1H3/t13-,15-/m1/s1. The van der Waals surface area contributed by atoms with E-state index < -0.39 is 0 Å². The van der Waals surface area contributed by atoms with Gasteiger partial charge in [0, 0.05) is 44.3 Å². The highest BCUT2D eigenvalue weighted by atomic mass is 15.3. The number of hydrogen-bond donors (Lipinski definition) is 1. The summed E-state index contributed by atoms with van der Waals surface area (Å²) in [5, 5.41) is 3.45. The van der Waals surface area contributed by atoms with Crippen molar-refractivity contribution in [3.8, 4) is 0 Å². The average Bonchev–Trinajstić information content (AvgIpc) is 3.10. The van der Waals surface area contributed by atoms with Crippen LogP contribution in [0.4, 0.5) is 0 Å². The molecule has 0 spiro atoms. The van der Waals surface area contributed by atoms with Gasteiger partial charge in [-0.25, -0.2) is 0 Å². The summed E-state index contributed by atoms with van der Waals surface area (Å²) in [4.78, 5) is 5.54. The van der Waals surface area contributed by atoms with Crippen LogP contribution in [-0.4, -0.2) is 61.2 Å². The molecule has 3 heteroatoms. The second kappa shape index (κ2) is 5.89. The van der Waals surface area contributed by atoms with E-state index in [1.165, 1.54) is 71.1 Å². The lowest BCUT2D eigenvalue weighted by atomic mass is 10.1. The number of piperazine rings is 1. The summed E-state index contributed by atoms with van der Waals surface area (Å²) in [5.74, 6) is 0. The predicted octanol–water partition coefficient (Wildman–Crippen LogP) is 1.69. The molecule has 3 fully saturated rings. The highest BCUT2D eigenvalue weighted by Gasteiger charge is 2.32. The third-order valence-electron chi connectivity index (χ3n) is 5.52. The fraction of sp³-hybridized carbons (Fsp3) is 1.00. The van der Waals surface area contributed by atoms with Gasteiger partial charge >= 0.3 is 0 Å². The van der Waals surface area contributed by atoms with Gasteiger partial charge in [-0.1, -0.05) is 12.8 Å². The van der Waals surface area contributed by atoms with Crippen LogP contribution < -0.4 is 5.32 Å². The van der Waals surface area contributed by atoms with Gasteiger partial charge in [0.2, 0.25) is 0 Å². The molecular weight excluding hydrogens is 222 g/mol. The normalized spacial score (nSPS) is 36.5. The van der Waals surface area contributed by atoms with E-state index in [1.807, 2.05) is 0 Å². The molecule has 0 amide bonds. The van der Waals surface area contributed by atoms with E-state index in [9.17, 15) is 0 Å². The molecule has 0 aromatic carbocycles. The van der Waals surface area contributed by atoms with Crippen molar-refractivity contribution >= 4 is 0 Å². The molecule has 0 bridgehead atoms. The molecular formula is C15H29N3. The smallest absolute Gasteiger partial charge is 0.0113 e. The van der Waals surface area contributed by atoms with Crippen LogP contribution in [0, 0.1) is 0 Å². The number of rotatable bonds is 3. The van der Waals surface area contributed by atoms with Gasteiger partial charge in [-0.2, -0.15) is 0 Å². The minimum Gasteiger partial charge on any atom is -0.317 e. The topological polar surface area (TPSA) is 18.5 Å². The zero-order valence-corrected chi connectivity index (χ0v) is 11.9. The molecule has 0 aromatic rings. The molecule has 0 aromatic heterocycles. The van der Waals surface area contributed by atoms with Crippen molar-refractivity contribution in [2.45, 2.75) is 63.1 Å². The summed E-state index contributed by atoms with van der Waals surface area (Å²) in [5.41, 5.74) is 0. The van der Waals surface area contributed by atoms with E-state index in [-0.39, 0.29) is 0 Å². The second-order valence-corrected chi connectivity index (χ2v) is 6.46. The molecule has 3 nitrogen and oxygen atoms in total. The maximum atomic E-state index is 3.45. The molecule has 1 saturated heterocycles. The molecule has 2 saturated carbocycles. The Hall–Kier alpha value is -0.120. The highest BCUT2D eigenvalue weighted by Crippen LogP contribution is 2.28. The quantitative estimate of drug-likeness (QED) is 0.823. The lowest BCUT2D eigenvalue weighted by Gasteiger charge is -2.40. The molecule has 1 heterocycles. The predicted molar refractivity (Wildman–Crippen MR) is 75.9 cm³/mol. The van der Waals surface area contributed by atoms with Gasteiger partial charge in [0.1, 0.15) is 0 Å². The van der Waals surface area contributed by atoms with Gasteiger partial charge in [0.15, 0.2) is 0 Å². The maximum Gasteiger partial charge on any atom is 0.0113 e. The van der Waals surface area contributed by atoms with Crippen molar-refractivity contribution in [1.29, 1.82) is 0 Å². The molecule has 1 aliphatic heterocycles. The fourth-order valence-corrected chi connectivity index (χ4v) is 4.29. The molecule has 3 rings (SSSR count). The van der Waals surface area contributed by atoms with Crippen LogP contribution in [0.2, 0.25) is 0 Å². The summed E-state index contributed by atoms with van der Waals surface area (Å²) in [6.45, 7) is 5.28. The Morgan fingerprint density at radius 2 is 1.39 bits per heavy atom. The largest absolute Gasteiger partial charge is 0.317 e. The number of nitrogens with one attached hydrogen (secondary N) is 1. The van der Waals surface area contributed by atoms with Crippen molar-refractivity contribution in [3.05, 3.63) is 0 Å². The van der Waals surface area contributed by atoms with Gasteiger partial charge in [-0.05, 0) is 39.2 Å². The molecule has 0 radical (unpaired) electrons. The summed E-state index contributed by atoms with van der Waals surface area (Å²) < 4.78 is 0. The van der Waals surface area contributed by atoms with Gasteiger partial charge in [-0.15, -0.1) is 0 Å². The zero-order chi connectivity index (χ0) is 12.4. The van der Waals surface area contributed by atoms with E-state index >= 15 is 0 Å². The third-order valence-corrected chi connectivity index (χ3v) is 5.52. The Labute approximate surface area is 112 Å². The SMILES string of the molecule is CN[C@@H]1CC[C@@H](N2CCN(C3CCCC3)CC2)C1. The van der Waals surface area contributed by atoms with E-state index in [1.54, 1.807) is 0 Å². The molecule has 0 unspecified atom stereocenters. The first-order valence-electron chi connectivity index (χ1n) is 8.02. The minimum atomic E-state index is 0.780. The van der Waals surface area contributed by atoms with Gasteiger partial charge < -0.3 is 5.32 Å². The Morgan fingerprint density at radius 3 is 1.94 bits per heavy atom. The van der Waals surface area contributed by atoms with Crippen molar-refractivity contribution < 1.29 is 0 Å². The Kier molecular flexibility index (Phi) is 4.22. The molecule has 104 valence electrons. The Balaban J connectivity index is 1.45. The average molecular weight is 251 g/mol. The van der Waals surface area contributed by atoms with Gasteiger partial charge in [-0.3, -0.25) is 9.80 Å². The lowest BCUT2D eigenvalue weighted by Crippen LogP contribution is -2.52. The fourth-order valence-electron chi connectivity index (χ4n) is 4.29. The van der Waals surface area contributed by atoms with Crippen LogP contribution in [0.3, 0.4) is 0 Å². The number of hydrogen-bond acceptors (Lipinski definition) is 3. The number of nitrogens with zero attached hydrogens (tertiary/aromatic N) is 2. The van der Waals surface area contributed by atoms with Crippen LogP contribution in [0.25, 0.3) is 0 Å². The van der Waals surface area contributed by atoms with Gasteiger partial charge in [0.05, 0.1) is 0 Å². The minimum absolute atomic E-state index is 0.780. The summed E-state index contributed by atoms with van der Waals surface area (Å²) in [6.07, 6.45) is 10.0. The van der Waals surface area contributed by atoms with Crippen LogP contribution in [0.15, 0.2) is 0 Å². The highest BCUT2D eigenvalue weighted by molar-refractivity contribution is 4.89. The second-order valence-electron chi connectivity index (χ2n) is 6.46. The van der Waals surface area contributed by atoms with Crippen LogP contribution in [0.1, 0.15) is 44.9 Å². The van der Waals surface area contributed by atoms with Crippen LogP contribution in [-0.2, 0) is 0 Å². The Morgan fingerprint density at radius 1 is 0.778 bits per heavy atom. The first-order valence-corrected chi connectivity index (χ1v) is 8.02. The summed E-state index contributed by atoms with van der Waals surface area (Å²) in [7, 11) is 2.12. The third kappa shape index (κ3) is 2.73. The lowest BCUT2D eigenvalue weighted by molar-refractivity contribution is 0.0714. The summed E-state index contributed by atoms with van der Waals surface area (Å²) in [6, 6.07) is 2.58. The van der Waals surface area contributed by atoms with Crippen LogP contribution >= 0.6 is 0 Å². The van der Waals surface area contributed by atoms with E-state index in [4.69, 9.17) is 0 Å². The van der Waals surface area contributed by atoms with E-state index in [2.05, 4.69) is 22.2 Å². The summed E-state index contributed by atoms with van der Waals surface area (Å²) >= 11 is 0. The first kappa shape index (κ1) is 12.9. The van der Waals surface area contributed by atoms with Gasteiger partial charge in [0.25, 0.3) is 0 Å². The monoisotopic (exact) mass is 251 g/mol. The Bertz CT molecular complexity index is 254. The molecule has 2 aliphatic carbocycles. The molecule has 2 atom stereocenters. The molecule has 3 aliphatic rings. The van der Waals surface area contributed by atoms with E-state index in [0.717, 1.165) is 18.1 Å². The van der Waals surface area contributed by atoms with Crippen molar-refractivity contribution in [3.63, 3.8) is 0 Å². The molecule has 1 N–H and O–H groups in total. The molecule has 18 heavy (non-hydrogen) atoms. The van der Waals surface area contributed by atoms with Crippen LogP contribution in [0.5, 0.6) is 0 Å². The van der Waals surface area contributed by atoms with Crippen molar-refractivity contribution in [2.75, 3.05) is 33.2 Å². The zero-order valence-electron chi connectivity index (χ0n) is 11.9. The van der Waals surface area contributed by atoms with Crippen molar-refractivity contribution in [2.24, 2.45) is 0 Å².